The first-order chi connectivity index (χ1) is 9.72. The number of hydrogen-bond donors (Lipinski definition) is 0. The molecule has 1 aliphatic heterocycles. The SMILES string of the molecule is CN(C)Cc1csc(CN2CCC[C@@H]2c2ccco2)c1. The third-order valence-corrected chi connectivity index (χ3v) is 4.77. The van der Waals surface area contributed by atoms with Crippen molar-refractivity contribution in [2.75, 3.05) is 20.6 Å². The van der Waals surface area contributed by atoms with Crippen molar-refractivity contribution in [1.82, 2.24) is 9.80 Å². The summed E-state index contributed by atoms with van der Waals surface area (Å²) in [5.74, 6) is 1.12. The molecule has 1 saturated heterocycles. The Labute approximate surface area is 124 Å². The quantitative estimate of drug-likeness (QED) is 0.836. The molecule has 108 valence electrons. The van der Waals surface area contributed by atoms with Crippen molar-refractivity contribution < 1.29 is 4.42 Å². The summed E-state index contributed by atoms with van der Waals surface area (Å²) >= 11 is 1.88. The van der Waals surface area contributed by atoms with E-state index in [1.54, 1.807) is 6.26 Å². The van der Waals surface area contributed by atoms with Crippen LogP contribution < -0.4 is 0 Å². The molecule has 1 atom stereocenters. The molecule has 3 rings (SSSR count). The summed E-state index contributed by atoms with van der Waals surface area (Å²) in [6, 6.07) is 6.91. The fourth-order valence-electron chi connectivity index (χ4n) is 2.98. The largest absolute Gasteiger partial charge is 0.468 e. The zero-order valence-electron chi connectivity index (χ0n) is 12.2. The molecule has 0 radical (unpaired) electrons. The normalized spacial score (nSPS) is 20.1. The van der Waals surface area contributed by atoms with E-state index in [9.17, 15) is 0 Å². The van der Waals surface area contributed by atoms with Crippen molar-refractivity contribution >= 4 is 11.3 Å². The van der Waals surface area contributed by atoms with Crippen LogP contribution in [0.1, 0.15) is 35.1 Å². The first-order valence-electron chi connectivity index (χ1n) is 7.21. The summed E-state index contributed by atoms with van der Waals surface area (Å²) in [6.07, 6.45) is 4.26. The first kappa shape index (κ1) is 13.9. The van der Waals surface area contributed by atoms with Crippen molar-refractivity contribution in [3.8, 4) is 0 Å². The average Bonchev–Trinajstić information content (AvgIpc) is 3.10. The van der Waals surface area contributed by atoms with Crippen molar-refractivity contribution in [1.29, 1.82) is 0 Å². The van der Waals surface area contributed by atoms with Crippen LogP contribution in [0.25, 0.3) is 0 Å². The van der Waals surface area contributed by atoms with Gasteiger partial charge in [0.25, 0.3) is 0 Å². The van der Waals surface area contributed by atoms with E-state index in [4.69, 9.17) is 4.42 Å². The molecule has 2 aromatic heterocycles. The average molecular weight is 290 g/mol. The van der Waals surface area contributed by atoms with Crippen molar-refractivity contribution in [3.05, 3.63) is 46.0 Å². The third kappa shape index (κ3) is 3.14. The van der Waals surface area contributed by atoms with Gasteiger partial charge in [-0.3, -0.25) is 4.90 Å². The summed E-state index contributed by atoms with van der Waals surface area (Å²) in [4.78, 5) is 6.22. The number of nitrogens with zero attached hydrogens (tertiary/aromatic N) is 2. The molecule has 0 saturated carbocycles. The summed E-state index contributed by atoms with van der Waals surface area (Å²) in [7, 11) is 4.23. The Hall–Kier alpha value is -1.10. The Balaban J connectivity index is 1.66. The molecule has 0 spiro atoms. The van der Waals surface area contributed by atoms with Gasteiger partial charge in [-0.2, -0.15) is 0 Å². The van der Waals surface area contributed by atoms with Crippen LogP contribution in [-0.2, 0) is 13.1 Å². The lowest BCUT2D eigenvalue weighted by molar-refractivity contribution is 0.222. The van der Waals surface area contributed by atoms with Gasteiger partial charge in [0.15, 0.2) is 0 Å². The fraction of sp³-hybridized carbons (Fsp3) is 0.500. The lowest BCUT2D eigenvalue weighted by Gasteiger charge is -2.21. The van der Waals surface area contributed by atoms with E-state index in [1.165, 1.54) is 29.8 Å². The molecule has 4 heteroatoms. The van der Waals surface area contributed by atoms with E-state index in [0.29, 0.717) is 6.04 Å². The number of hydrogen-bond acceptors (Lipinski definition) is 4. The maximum absolute atomic E-state index is 5.60. The van der Waals surface area contributed by atoms with E-state index in [0.717, 1.165) is 18.8 Å². The Morgan fingerprint density at radius 2 is 2.35 bits per heavy atom. The molecule has 0 amide bonds. The molecule has 0 N–H and O–H groups in total. The molecular weight excluding hydrogens is 268 g/mol. The van der Waals surface area contributed by atoms with Crippen LogP contribution in [-0.4, -0.2) is 30.4 Å². The Bertz CT molecular complexity index is 532. The van der Waals surface area contributed by atoms with Gasteiger partial charge in [-0.1, -0.05) is 0 Å². The van der Waals surface area contributed by atoms with Gasteiger partial charge < -0.3 is 9.32 Å². The second kappa shape index (κ2) is 6.12. The van der Waals surface area contributed by atoms with Gasteiger partial charge in [-0.25, -0.2) is 0 Å². The molecule has 0 unspecified atom stereocenters. The monoisotopic (exact) mass is 290 g/mol. The predicted octanol–water partition coefficient (Wildman–Crippen LogP) is 3.74. The van der Waals surface area contributed by atoms with Crippen LogP contribution in [0, 0.1) is 0 Å². The summed E-state index contributed by atoms with van der Waals surface area (Å²) < 4.78 is 5.60. The first-order valence-corrected chi connectivity index (χ1v) is 8.09. The summed E-state index contributed by atoms with van der Waals surface area (Å²) in [6.45, 7) is 3.24. The maximum Gasteiger partial charge on any atom is 0.120 e. The smallest absolute Gasteiger partial charge is 0.120 e. The van der Waals surface area contributed by atoms with Crippen LogP contribution in [0.5, 0.6) is 0 Å². The molecule has 3 heterocycles. The van der Waals surface area contributed by atoms with Crippen LogP contribution in [0.2, 0.25) is 0 Å². The third-order valence-electron chi connectivity index (χ3n) is 3.80. The molecule has 3 nitrogen and oxygen atoms in total. The molecule has 0 bridgehead atoms. The van der Waals surface area contributed by atoms with E-state index in [2.05, 4.69) is 41.4 Å². The second-order valence-electron chi connectivity index (χ2n) is 5.80. The molecule has 2 aromatic rings. The minimum absolute atomic E-state index is 0.462. The molecule has 1 aliphatic rings. The van der Waals surface area contributed by atoms with Crippen molar-refractivity contribution in [2.45, 2.75) is 32.0 Å². The Morgan fingerprint density at radius 3 is 3.10 bits per heavy atom. The van der Waals surface area contributed by atoms with Gasteiger partial charge in [-0.15, -0.1) is 11.3 Å². The van der Waals surface area contributed by atoms with Crippen LogP contribution in [0.15, 0.2) is 34.3 Å². The molecular formula is C16H22N2OS. The lowest BCUT2D eigenvalue weighted by Crippen LogP contribution is -2.21. The number of furan rings is 1. The predicted molar refractivity (Wildman–Crippen MR) is 82.8 cm³/mol. The zero-order chi connectivity index (χ0) is 13.9. The summed E-state index contributed by atoms with van der Waals surface area (Å²) in [5.41, 5.74) is 1.42. The lowest BCUT2D eigenvalue weighted by atomic mass is 10.1. The fourth-order valence-corrected chi connectivity index (χ4v) is 3.88. The molecule has 0 aromatic carbocycles. The van der Waals surface area contributed by atoms with E-state index in [1.807, 2.05) is 17.4 Å². The van der Waals surface area contributed by atoms with Crippen molar-refractivity contribution in [2.24, 2.45) is 0 Å². The Kier molecular flexibility index (Phi) is 4.24. The van der Waals surface area contributed by atoms with Crippen molar-refractivity contribution in [3.63, 3.8) is 0 Å². The van der Waals surface area contributed by atoms with Gasteiger partial charge in [0.1, 0.15) is 5.76 Å². The minimum Gasteiger partial charge on any atom is -0.468 e. The number of thiophene rings is 1. The van der Waals surface area contributed by atoms with Gasteiger partial charge >= 0.3 is 0 Å². The standard InChI is InChI=1S/C16H22N2OS/c1-17(2)10-13-9-14(20-12-13)11-18-7-3-5-15(18)16-6-4-8-19-16/h4,6,8-9,12,15H,3,5,7,10-11H2,1-2H3/t15-/m1/s1. The molecule has 0 aliphatic carbocycles. The van der Waals surface area contributed by atoms with Gasteiger partial charge in [0, 0.05) is 18.0 Å². The topological polar surface area (TPSA) is 19.6 Å². The van der Waals surface area contributed by atoms with Crippen LogP contribution in [0.3, 0.4) is 0 Å². The highest BCUT2D eigenvalue weighted by atomic mass is 32.1. The van der Waals surface area contributed by atoms with Crippen LogP contribution >= 0.6 is 11.3 Å². The molecule has 1 fully saturated rings. The van der Waals surface area contributed by atoms with E-state index >= 15 is 0 Å². The highest BCUT2D eigenvalue weighted by Gasteiger charge is 2.28. The zero-order valence-corrected chi connectivity index (χ0v) is 13.0. The number of likely N-dealkylation sites (tertiary alicyclic amines) is 1. The van der Waals surface area contributed by atoms with E-state index in [-0.39, 0.29) is 0 Å². The highest BCUT2D eigenvalue weighted by Crippen LogP contribution is 2.34. The molecule has 20 heavy (non-hydrogen) atoms. The Morgan fingerprint density at radius 1 is 1.45 bits per heavy atom. The second-order valence-corrected chi connectivity index (χ2v) is 6.80. The summed E-state index contributed by atoms with van der Waals surface area (Å²) in [5, 5.41) is 2.29. The van der Waals surface area contributed by atoms with Gasteiger partial charge in [-0.05, 0) is 62.6 Å². The van der Waals surface area contributed by atoms with Gasteiger partial charge in [0.05, 0.1) is 12.3 Å². The van der Waals surface area contributed by atoms with E-state index < -0.39 is 0 Å². The maximum atomic E-state index is 5.60. The van der Waals surface area contributed by atoms with Crippen LogP contribution in [0.4, 0.5) is 0 Å². The highest BCUT2D eigenvalue weighted by molar-refractivity contribution is 7.10. The minimum atomic E-state index is 0.462. The number of rotatable bonds is 5. The van der Waals surface area contributed by atoms with Gasteiger partial charge in [0.2, 0.25) is 0 Å².